The van der Waals surface area contributed by atoms with Crippen molar-refractivity contribution in [2.45, 2.75) is 31.8 Å². The average molecular weight is 274 g/mol. The summed E-state index contributed by atoms with van der Waals surface area (Å²) in [6, 6.07) is 2.98. The zero-order valence-electron chi connectivity index (χ0n) is 12.7. The fourth-order valence-electron chi connectivity index (χ4n) is 3.93. The van der Waals surface area contributed by atoms with Gasteiger partial charge in [0.05, 0.1) is 0 Å². The number of piperidine rings is 2. The molecule has 0 amide bonds. The van der Waals surface area contributed by atoms with E-state index in [2.05, 4.69) is 33.2 Å². The molecule has 3 rings (SSSR count). The van der Waals surface area contributed by atoms with E-state index in [4.69, 9.17) is 0 Å². The smallest absolute Gasteiger partial charge is 0.0442 e. The summed E-state index contributed by atoms with van der Waals surface area (Å²) in [6.45, 7) is 4.55. The van der Waals surface area contributed by atoms with Crippen LogP contribution in [0, 0.1) is 5.92 Å². The van der Waals surface area contributed by atoms with Crippen LogP contribution in [0.15, 0.2) is 18.5 Å². The van der Waals surface area contributed by atoms with E-state index < -0.39 is 0 Å². The molecule has 4 heteroatoms. The van der Waals surface area contributed by atoms with Gasteiger partial charge < -0.3 is 15.1 Å². The molecule has 1 aromatic rings. The summed E-state index contributed by atoms with van der Waals surface area (Å²) in [6.07, 6.45) is 7.96. The molecule has 2 saturated heterocycles. The number of nitrogens with zero attached hydrogens (tertiary/aromatic N) is 3. The van der Waals surface area contributed by atoms with E-state index in [9.17, 15) is 0 Å². The lowest BCUT2D eigenvalue weighted by molar-refractivity contribution is 0.102. The van der Waals surface area contributed by atoms with Crippen LogP contribution in [-0.4, -0.2) is 49.7 Å². The Balaban J connectivity index is 1.76. The molecule has 1 N–H and O–H groups in total. The molecule has 2 aliphatic heterocycles. The third-order valence-corrected chi connectivity index (χ3v) is 4.93. The van der Waals surface area contributed by atoms with Gasteiger partial charge >= 0.3 is 0 Å². The molecular formula is C16H26N4. The van der Waals surface area contributed by atoms with Crippen LogP contribution in [0.4, 0.5) is 5.69 Å². The third kappa shape index (κ3) is 2.67. The van der Waals surface area contributed by atoms with Crippen molar-refractivity contribution in [1.29, 1.82) is 0 Å². The summed E-state index contributed by atoms with van der Waals surface area (Å²) >= 11 is 0. The maximum Gasteiger partial charge on any atom is 0.0442 e. The monoisotopic (exact) mass is 274 g/mol. The summed E-state index contributed by atoms with van der Waals surface area (Å²) in [5.41, 5.74) is 2.69. The van der Waals surface area contributed by atoms with E-state index in [0.717, 1.165) is 18.5 Å². The summed E-state index contributed by atoms with van der Waals surface area (Å²) in [7, 11) is 4.30. The highest BCUT2D eigenvalue weighted by molar-refractivity contribution is 5.52. The molecule has 0 radical (unpaired) electrons. The van der Waals surface area contributed by atoms with Crippen molar-refractivity contribution in [2.75, 3.05) is 38.6 Å². The Kier molecular flexibility index (Phi) is 4.22. The van der Waals surface area contributed by atoms with Crippen LogP contribution in [0.25, 0.3) is 0 Å². The van der Waals surface area contributed by atoms with Crippen molar-refractivity contribution in [3.63, 3.8) is 0 Å². The molecular weight excluding hydrogens is 248 g/mol. The second-order valence-corrected chi connectivity index (χ2v) is 6.22. The van der Waals surface area contributed by atoms with Crippen molar-refractivity contribution < 1.29 is 0 Å². The first kappa shape index (κ1) is 13.8. The van der Waals surface area contributed by atoms with Crippen molar-refractivity contribution in [2.24, 2.45) is 5.92 Å². The summed E-state index contributed by atoms with van der Waals surface area (Å²) in [5, 5.41) is 3.25. The van der Waals surface area contributed by atoms with E-state index in [0.29, 0.717) is 0 Å². The van der Waals surface area contributed by atoms with Crippen molar-refractivity contribution >= 4 is 5.69 Å². The van der Waals surface area contributed by atoms with Gasteiger partial charge in [-0.25, -0.2) is 0 Å². The molecule has 2 fully saturated rings. The van der Waals surface area contributed by atoms with Gasteiger partial charge in [0.15, 0.2) is 0 Å². The maximum atomic E-state index is 4.28. The minimum atomic E-state index is 0.801. The molecule has 0 aromatic carbocycles. The van der Waals surface area contributed by atoms with E-state index in [-0.39, 0.29) is 0 Å². The van der Waals surface area contributed by atoms with Crippen LogP contribution in [0.2, 0.25) is 0 Å². The molecule has 2 unspecified atom stereocenters. The lowest BCUT2D eigenvalue weighted by Gasteiger charge is -2.47. The zero-order valence-corrected chi connectivity index (χ0v) is 12.7. The van der Waals surface area contributed by atoms with E-state index in [1.807, 2.05) is 19.4 Å². The number of aromatic nitrogens is 1. The predicted molar refractivity (Wildman–Crippen MR) is 83.0 cm³/mol. The summed E-state index contributed by atoms with van der Waals surface area (Å²) < 4.78 is 0. The number of likely N-dealkylation sites (tertiary alicyclic amines) is 1. The molecule has 2 atom stereocenters. The Morgan fingerprint density at radius 1 is 1.35 bits per heavy atom. The quantitative estimate of drug-likeness (QED) is 0.909. The fraction of sp³-hybridized carbons (Fsp3) is 0.688. The molecule has 20 heavy (non-hydrogen) atoms. The Bertz CT molecular complexity index is 448. The van der Waals surface area contributed by atoms with Crippen LogP contribution in [0.3, 0.4) is 0 Å². The van der Waals surface area contributed by atoms with Crippen molar-refractivity contribution in [1.82, 2.24) is 15.2 Å². The van der Waals surface area contributed by atoms with E-state index in [1.54, 1.807) is 0 Å². The van der Waals surface area contributed by atoms with E-state index >= 15 is 0 Å². The Morgan fingerprint density at radius 2 is 2.25 bits per heavy atom. The molecule has 0 aliphatic carbocycles. The first-order valence-electron chi connectivity index (χ1n) is 7.82. The number of anilines is 1. The predicted octanol–water partition coefficient (Wildman–Crippen LogP) is 1.72. The lowest BCUT2D eigenvalue weighted by Crippen LogP contribution is -2.52. The number of fused-ring (bicyclic) bond motifs is 1. The zero-order chi connectivity index (χ0) is 13.9. The minimum absolute atomic E-state index is 0.801. The second kappa shape index (κ2) is 6.10. The van der Waals surface area contributed by atoms with Gasteiger partial charge in [-0.1, -0.05) is 0 Å². The molecule has 0 saturated carbocycles. The van der Waals surface area contributed by atoms with Crippen molar-refractivity contribution in [3.05, 3.63) is 24.0 Å². The van der Waals surface area contributed by atoms with Crippen LogP contribution in [0.5, 0.6) is 0 Å². The Morgan fingerprint density at radius 3 is 3.10 bits per heavy atom. The topological polar surface area (TPSA) is 31.4 Å². The van der Waals surface area contributed by atoms with Gasteiger partial charge in [0, 0.05) is 49.3 Å². The SMILES string of the molecule is CNCc1cnccc1N1CCC2C(CCCN2C)C1. The number of pyridine rings is 1. The molecule has 1 aromatic heterocycles. The molecule has 0 spiro atoms. The van der Waals surface area contributed by atoms with Crippen LogP contribution >= 0.6 is 0 Å². The highest BCUT2D eigenvalue weighted by Crippen LogP contribution is 2.32. The third-order valence-electron chi connectivity index (χ3n) is 4.93. The van der Waals surface area contributed by atoms with Crippen molar-refractivity contribution in [3.8, 4) is 0 Å². The fourth-order valence-corrected chi connectivity index (χ4v) is 3.93. The average Bonchev–Trinajstić information content (AvgIpc) is 2.48. The van der Waals surface area contributed by atoms with Crippen LogP contribution < -0.4 is 10.2 Å². The summed E-state index contributed by atoms with van der Waals surface area (Å²) in [4.78, 5) is 9.43. The molecule has 3 heterocycles. The van der Waals surface area contributed by atoms with Crippen LogP contribution in [0.1, 0.15) is 24.8 Å². The van der Waals surface area contributed by atoms with Gasteiger partial charge in [0.2, 0.25) is 0 Å². The Hall–Kier alpha value is -1.13. The van der Waals surface area contributed by atoms with Gasteiger partial charge in [-0.15, -0.1) is 0 Å². The standard InChI is InChI=1S/C16H26N4/c1-17-10-14-11-18-7-5-16(14)20-9-6-15-13(12-20)4-3-8-19(15)2/h5,7,11,13,15,17H,3-4,6,8-10,12H2,1-2H3. The number of rotatable bonds is 3. The summed E-state index contributed by atoms with van der Waals surface area (Å²) in [5.74, 6) is 0.832. The first-order chi connectivity index (χ1) is 9.79. The largest absolute Gasteiger partial charge is 0.371 e. The van der Waals surface area contributed by atoms with E-state index in [1.165, 1.54) is 50.1 Å². The minimum Gasteiger partial charge on any atom is -0.371 e. The molecule has 2 aliphatic rings. The normalized spacial score (nSPS) is 27.4. The number of hydrogen-bond donors (Lipinski definition) is 1. The molecule has 0 bridgehead atoms. The van der Waals surface area contributed by atoms with Gasteiger partial charge in [0.1, 0.15) is 0 Å². The second-order valence-electron chi connectivity index (χ2n) is 6.22. The highest BCUT2D eigenvalue weighted by Gasteiger charge is 2.34. The van der Waals surface area contributed by atoms with Crippen LogP contribution in [-0.2, 0) is 6.54 Å². The van der Waals surface area contributed by atoms with Gasteiger partial charge in [0.25, 0.3) is 0 Å². The molecule has 110 valence electrons. The molecule has 4 nitrogen and oxygen atoms in total. The number of nitrogens with one attached hydrogen (secondary N) is 1. The maximum absolute atomic E-state index is 4.28. The van der Waals surface area contributed by atoms with Gasteiger partial charge in [-0.05, 0) is 51.9 Å². The van der Waals surface area contributed by atoms with Gasteiger partial charge in [-0.3, -0.25) is 4.98 Å². The first-order valence-corrected chi connectivity index (χ1v) is 7.82. The number of hydrogen-bond acceptors (Lipinski definition) is 4. The highest BCUT2D eigenvalue weighted by atomic mass is 15.2. The lowest BCUT2D eigenvalue weighted by atomic mass is 9.84. The Labute approximate surface area is 122 Å². The van der Waals surface area contributed by atoms with Gasteiger partial charge in [-0.2, -0.15) is 0 Å².